The van der Waals surface area contributed by atoms with Crippen LogP contribution in [-0.2, 0) is 17.9 Å². The lowest BCUT2D eigenvalue weighted by molar-refractivity contribution is -0.116. The molecule has 0 bridgehead atoms. The number of fused-ring (bicyclic) bond motifs is 1. The van der Waals surface area contributed by atoms with Crippen molar-refractivity contribution in [3.05, 3.63) is 69.4 Å². The van der Waals surface area contributed by atoms with Gasteiger partial charge in [-0.05, 0) is 50.2 Å². The molecule has 0 saturated heterocycles. The van der Waals surface area contributed by atoms with Crippen LogP contribution in [0.1, 0.15) is 13.8 Å². The predicted molar refractivity (Wildman–Crippen MR) is 104 cm³/mol. The van der Waals surface area contributed by atoms with Crippen molar-refractivity contribution in [3.8, 4) is 5.75 Å². The first kappa shape index (κ1) is 18.4. The molecule has 140 valence electrons. The second-order valence-electron chi connectivity index (χ2n) is 5.94. The van der Waals surface area contributed by atoms with Crippen LogP contribution in [0.25, 0.3) is 10.9 Å². The number of nitrogens with zero attached hydrogens (tertiary/aromatic N) is 2. The van der Waals surface area contributed by atoms with Crippen molar-refractivity contribution < 1.29 is 9.53 Å². The monoisotopic (exact) mass is 367 g/mol. The summed E-state index contributed by atoms with van der Waals surface area (Å²) in [4.78, 5) is 37.6. The molecule has 0 aliphatic rings. The minimum Gasteiger partial charge on any atom is -0.494 e. The van der Waals surface area contributed by atoms with E-state index in [1.54, 1.807) is 55.5 Å². The van der Waals surface area contributed by atoms with E-state index in [1.807, 2.05) is 6.92 Å². The zero-order valence-corrected chi connectivity index (χ0v) is 15.3. The molecule has 1 N–H and O–H groups in total. The number of hydrogen-bond donors (Lipinski definition) is 1. The Balaban J connectivity index is 1.91. The summed E-state index contributed by atoms with van der Waals surface area (Å²) in [6.07, 6.45) is 0. The first-order valence-corrected chi connectivity index (χ1v) is 8.80. The van der Waals surface area contributed by atoms with Crippen LogP contribution in [0, 0.1) is 0 Å². The number of aromatic nitrogens is 2. The number of carbonyl (C=O) groups is 1. The third kappa shape index (κ3) is 3.76. The Morgan fingerprint density at radius 3 is 2.37 bits per heavy atom. The van der Waals surface area contributed by atoms with Gasteiger partial charge in [-0.2, -0.15) is 0 Å². The van der Waals surface area contributed by atoms with Gasteiger partial charge in [-0.1, -0.05) is 12.1 Å². The quantitative estimate of drug-likeness (QED) is 0.724. The van der Waals surface area contributed by atoms with Gasteiger partial charge in [-0.25, -0.2) is 4.79 Å². The molecule has 7 nitrogen and oxygen atoms in total. The molecule has 3 aromatic rings. The largest absolute Gasteiger partial charge is 0.494 e. The maximum Gasteiger partial charge on any atom is 0.331 e. The van der Waals surface area contributed by atoms with Crippen LogP contribution in [0.3, 0.4) is 0 Å². The lowest BCUT2D eigenvalue weighted by atomic mass is 10.2. The Morgan fingerprint density at radius 2 is 1.70 bits per heavy atom. The van der Waals surface area contributed by atoms with Gasteiger partial charge in [0, 0.05) is 12.2 Å². The van der Waals surface area contributed by atoms with Crippen molar-refractivity contribution in [2.45, 2.75) is 26.9 Å². The molecule has 1 amide bonds. The Bertz CT molecular complexity index is 1080. The van der Waals surface area contributed by atoms with Crippen LogP contribution in [0.15, 0.2) is 58.1 Å². The normalized spacial score (nSPS) is 10.7. The van der Waals surface area contributed by atoms with E-state index in [-0.39, 0.29) is 24.6 Å². The summed E-state index contributed by atoms with van der Waals surface area (Å²) in [5.41, 5.74) is 0.202. The fourth-order valence-electron chi connectivity index (χ4n) is 2.95. The van der Waals surface area contributed by atoms with Crippen molar-refractivity contribution in [1.82, 2.24) is 9.13 Å². The highest BCUT2D eigenvalue weighted by molar-refractivity contribution is 5.91. The zero-order valence-electron chi connectivity index (χ0n) is 15.3. The van der Waals surface area contributed by atoms with Crippen LogP contribution in [0.2, 0.25) is 0 Å². The van der Waals surface area contributed by atoms with Gasteiger partial charge in [-0.15, -0.1) is 0 Å². The molecule has 7 heteroatoms. The summed E-state index contributed by atoms with van der Waals surface area (Å²) in [7, 11) is 0. The fourth-order valence-corrected chi connectivity index (χ4v) is 2.95. The molecule has 27 heavy (non-hydrogen) atoms. The minimum atomic E-state index is -0.497. The summed E-state index contributed by atoms with van der Waals surface area (Å²) in [5, 5.41) is 3.17. The molecular formula is C20H21N3O4. The van der Waals surface area contributed by atoms with Crippen LogP contribution >= 0.6 is 0 Å². The Kier molecular flexibility index (Phi) is 5.40. The molecule has 1 heterocycles. The second kappa shape index (κ2) is 7.90. The number of nitrogens with one attached hydrogen (secondary N) is 1. The number of carbonyl (C=O) groups excluding carboxylic acids is 1. The van der Waals surface area contributed by atoms with Crippen molar-refractivity contribution in [3.63, 3.8) is 0 Å². The number of benzene rings is 2. The molecule has 0 saturated carbocycles. The van der Waals surface area contributed by atoms with Crippen LogP contribution in [-0.4, -0.2) is 21.6 Å². The number of rotatable bonds is 6. The van der Waals surface area contributed by atoms with E-state index >= 15 is 0 Å². The highest BCUT2D eigenvalue weighted by Gasteiger charge is 2.14. The van der Waals surface area contributed by atoms with Gasteiger partial charge in [-0.3, -0.25) is 18.7 Å². The van der Waals surface area contributed by atoms with Gasteiger partial charge >= 0.3 is 5.69 Å². The lowest BCUT2D eigenvalue weighted by Gasteiger charge is -2.13. The Labute approximate surface area is 155 Å². The predicted octanol–water partition coefficient (Wildman–Crippen LogP) is 2.22. The standard InChI is InChI=1S/C20H21N3O4/c1-3-22-19(25)16-7-5-6-8-17(16)23(20(22)26)13-18(24)21-14-9-11-15(12-10-14)27-4-2/h5-12H,3-4,13H2,1-2H3,(H,21,24). The molecule has 2 aromatic carbocycles. The molecule has 0 atom stereocenters. The van der Waals surface area contributed by atoms with E-state index in [2.05, 4.69) is 5.32 Å². The molecule has 0 aliphatic heterocycles. The Morgan fingerprint density at radius 1 is 1.00 bits per heavy atom. The van der Waals surface area contributed by atoms with Gasteiger partial charge in [0.05, 0.1) is 17.5 Å². The van der Waals surface area contributed by atoms with E-state index in [0.717, 1.165) is 4.57 Å². The lowest BCUT2D eigenvalue weighted by Crippen LogP contribution is -2.41. The summed E-state index contributed by atoms with van der Waals surface area (Å²) in [6, 6.07) is 13.8. The molecule has 3 rings (SSSR count). The first-order valence-electron chi connectivity index (χ1n) is 8.80. The van der Waals surface area contributed by atoms with E-state index in [1.165, 1.54) is 4.57 Å². The van der Waals surface area contributed by atoms with E-state index < -0.39 is 5.69 Å². The summed E-state index contributed by atoms with van der Waals surface area (Å²) >= 11 is 0. The van der Waals surface area contributed by atoms with Gasteiger partial charge in [0.15, 0.2) is 0 Å². The minimum absolute atomic E-state index is 0.188. The summed E-state index contributed by atoms with van der Waals surface area (Å²) in [5.74, 6) is 0.362. The smallest absolute Gasteiger partial charge is 0.331 e. The van der Waals surface area contributed by atoms with Gasteiger partial charge in [0.2, 0.25) is 5.91 Å². The number of amides is 1. The maximum absolute atomic E-state index is 12.7. The number of anilines is 1. The maximum atomic E-state index is 12.7. The number of ether oxygens (including phenoxy) is 1. The summed E-state index contributed by atoms with van der Waals surface area (Å²) in [6.45, 7) is 4.24. The van der Waals surface area contributed by atoms with Crippen LogP contribution in [0.4, 0.5) is 5.69 Å². The van der Waals surface area contributed by atoms with E-state index in [4.69, 9.17) is 4.74 Å². The fraction of sp³-hybridized carbons (Fsp3) is 0.250. The molecule has 1 aromatic heterocycles. The molecular weight excluding hydrogens is 346 g/mol. The topological polar surface area (TPSA) is 82.3 Å². The number of para-hydroxylation sites is 1. The van der Waals surface area contributed by atoms with Crippen LogP contribution < -0.4 is 21.3 Å². The van der Waals surface area contributed by atoms with Crippen molar-refractivity contribution in [2.75, 3.05) is 11.9 Å². The second-order valence-corrected chi connectivity index (χ2v) is 5.94. The molecule has 0 aliphatic carbocycles. The van der Waals surface area contributed by atoms with Gasteiger partial charge in [0.25, 0.3) is 5.56 Å². The first-order chi connectivity index (χ1) is 13.0. The zero-order chi connectivity index (χ0) is 19.4. The van der Waals surface area contributed by atoms with Crippen molar-refractivity contribution in [2.24, 2.45) is 0 Å². The van der Waals surface area contributed by atoms with E-state index in [0.29, 0.717) is 28.9 Å². The van der Waals surface area contributed by atoms with Gasteiger partial charge < -0.3 is 10.1 Å². The highest BCUT2D eigenvalue weighted by atomic mass is 16.5. The SMILES string of the molecule is CCOc1ccc(NC(=O)Cn2c(=O)n(CC)c(=O)c3ccccc32)cc1. The molecule has 0 unspecified atom stereocenters. The average molecular weight is 367 g/mol. The van der Waals surface area contributed by atoms with Crippen molar-refractivity contribution in [1.29, 1.82) is 0 Å². The van der Waals surface area contributed by atoms with Crippen molar-refractivity contribution >= 4 is 22.5 Å². The highest BCUT2D eigenvalue weighted by Crippen LogP contribution is 2.16. The van der Waals surface area contributed by atoms with E-state index in [9.17, 15) is 14.4 Å². The molecule has 0 radical (unpaired) electrons. The summed E-state index contributed by atoms with van der Waals surface area (Å²) < 4.78 is 7.83. The molecule has 0 fully saturated rings. The Hall–Kier alpha value is -3.35. The average Bonchev–Trinajstić information content (AvgIpc) is 2.67. The van der Waals surface area contributed by atoms with Crippen LogP contribution in [0.5, 0.6) is 5.75 Å². The molecule has 0 spiro atoms. The third-order valence-corrected chi connectivity index (χ3v) is 4.20. The third-order valence-electron chi connectivity index (χ3n) is 4.20. The van der Waals surface area contributed by atoms with Gasteiger partial charge in [0.1, 0.15) is 12.3 Å². The number of hydrogen-bond acceptors (Lipinski definition) is 4.